The molecule has 0 unspecified atom stereocenters. The first kappa shape index (κ1) is 17.1. The van der Waals surface area contributed by atoms with Crippen LogP contribution in [-0.2, 0) is 22.8 Å². The van der Waals surface area contributed by atoms with Crippen molar-refractivity contribution in [3.63, 3.8) is 0 Å². The zero-order valence-electron chi connectivity index (χ0n) is 12.5. The van der Waals surface area contributed by atoms with Gasteiger partial charge in [-0.05, 0) is 40.0 Å². The average Bonchev–Trinajstić information content (AvgIpc) is 2.41. The lowest BCUT2D eigenvalue weighted by Gasteiger charge is -2.29. The van der Waals surface area contributed by atoms with E-state index in [9.17, 15) is 0 Å². The minimum atomic E-state index is -2.49. The van der Waals surface area contributed by atoms with Crippen LogP contribution >= 0.6 is 0 Å². The molecular weight excluding hydrogens is 264 g/mol. The lowest BCUT2D eigenvalue weighted by molar-refractivity contribution is -0.181. The molecule has 19 heavy (non-hydrogen) atoms. The van der Waals surface area contributed by atoms with Gasteiger partial charge in [-0.15, -0.1) is 0 Å². The van der Waals surface area contributed by atoms with Crippen molar-refractivity contribution in [2.75, 3.05) is 33.0 Å². The van der Waals surface area contributed by atoms with Crippen molar-refractivity contribution in [3.05, 3.63) is 0 Å². The highest BCUT2D eigenvalue weighted by molar-refractivity contribution is 6.60. The molecule has 1 rings (SSSR count). The first-order chi connectivity index (χ1) is 9.26. The molecule has 0 spiro atoms. The van der Waals surface area contributed by atoms with Crippen LogP contribution in [0.25, 0.3) is 0 Å². The summed E-state index contributed by atoms with van der Waals surface area (Å²) in [4.78, 5) is 0. The van der Waals surface area contributed by atoms with Crippen LogP contribution in [-0.4, -0.2) is 48.1 Å². The summed E-state index contributed by atoms with van der Waals surface area (Å²) in [7, 11) is -2.49. The molecule has 5 nitrogen and oxygen atoms in total. The molecule has 1 aliphatic rings. The maximum Gasteiger partial charge on any atom is 0.500 e. The lowest BCUT2D eigenvalue weighted by atomic mass is 10.3. The van der Waals surface area contributed by atoms with Gasteiger partial charge in [0.25, 0.3) is 0 Å². The second-order valence-electron chi connectivity index (χ2n) is 4.40. The van der Waals surface area contributed by atoms with Crippen molar-refractivity contribution >= 4 is 8.80 Å². The van der Waals surface area contributed by atoms with Crippen LogP contribution in [0, 0.1) is 0 Å². The van der Waals surface area contributed by atoms with Gasteiger partial charge < -0.3 is 22.8 Å². The summed E-state index contributed by atoms with van der Waals surface area (Å²) in [6.07, 6.45) is 2.75. The summed E-state index contributed by atoms with van der Waals surface area (Å²) in [5, 5.41) is 0. The van der Waals surface area contributed by atoms with Gasteiger partial charge >= 0.3 is 8.80 Å². The Morgan fingerprint density at radius 1 is 0.947 bits per heavy atom. The van der Waals surface area contributed by atoms with E-state index in [1.165, 1.54) is 0 Å². The van der Waals surface area contributed by atoms with E-state index in [2.05, 4.69) is 0 Å². The number of hydrogen-bond acceptors (Lipinski definition) is 5. The van der Waals surface area contributed by atoms with Crippen LogP contribution < -0.4 is 0 Å². The molecule has 0 aromatic heterocycles. The van der Waals surface area contributed by atoms with Gasteiger partial charge in [-0.1, -0.05) is 0 Å². The van der Waals surface area contributed by atoms with E-state index in [4.69, 9.17) is 22.8 Å². The summed E-state index contributed by atoms with van der Waals surface area (Å²) in [5.41, 5.74) is 0. The summed E-state index contributed by atoms with van der Waals surface area (Å²) in [6, 6.07) is 0.825. The third kappa shape index (κ3) is 6.33. The molecule has 114 valence electrons. The number of rotatable bonds is 10. The van der Waals surface area contributed by atoms with Crippen LogP contribution in [0.15, 0.2) is 0 Å². The van der Waals surface area contributed by atoms with E-state index >= 15 is 0 Å². The predicted octanol–water partition coefficient (Wildman–Crippen LogP) is 2.58. The largest absolute Gasteiger partial charge is 0.500 e. The maximum atomic E-state index is 5.81. The van der Waals surface area contributed by atoms with Crippen molar-refractivity contribution < 1.29 is 22.8 Å². The Labute approximate surface area is 117 Å². The standard InChI is InChI=1S/C13H28O5Si/c1-4-16-19(17-5-2,18-6-3)12-7-9-13-14-10-8-11-15-13/h13H,4-12H2,1-3H3. The van der Waals surface area contributed by atoms with Gasteiger partial charge in [-0.2, -0.15) is 0 Å². The molecule has 0 aliphatic carbocycles. The topological polar surface area (TPSA) is 46.2 Å². The smallest absolute Gasteiger partial charge is 0.374 e. The monoisotopic (exact) mass is 292 g/mol. The molecule has 0 bridgehead atoms. The number of ether oxygens (including phenoxy) is 2. The molecule has 6 heteroatoms. The van der Waals surface area contributed by atoms with Crippen molar-refractivity contribution in [1.29, 1.82) is 0 Å². The summed E-state index contributed by atoms with van der Waals surface area (Å²) >= 11 is 0. The summed E-state index contributed by atoms with van der Waals surface area (Å²) in [5.74, 6) is 0. The molecular formula is C13H28O5Si. The normalized spacial score (nSPS) is 17.8. The van der Waals surface area contributed by atoms with Gasteiger partial charge in [0.05, 0.1) is 13.2 Å². The minimum absolute atomic E-state index is 0.0645. The zero-order chi connectivity index (χ0) is 14.0. The van der Waals surface area contributed by atoms with Crippen LogP contribution in [0.3, 0.4) is 0 Å². The Kier molecular flexibility index (Phi) is 8.85. The van der Waals surface area contributed by atoms with E-state index in [1.54, 1.807) is 0 Å². The fourth-order valence-corrected chi connectivity index (χ4v) is 4.83. The number of hydrogen-bond donors (Lipinski definition) is 0. The lowest BCUT2D eigenvalue weighted by Crippen LogP contribution is -2.46. The van der Waals surface area contributed by atoms with Gasteiger partial charge in [0, 0.05) is 25.9 Å². The third-order valence-electron chi connectivity index (χ3n) is 2.91. The summed E-state index contributed by atoms with van der Waals surface area (Å²) < 4.78 is 28.5. The fraction of sp³-hybridized carbons (Fsp3) is 1.00. The second-order valence-corrected chi connectivity index (χ2v) is 7.13. The van der Waals surface area contributed by atoms with Gasteiger partial charge in [-0.3, -0.25) is 0 Å². The molecule has 0 atom stereocenters. The van der Waals surface area contributed by atoms with E-state index in [0.717, 1.165) is 38.5 Å². The zero-order valence-corrected chi connectivity index (χ0v) is 13.5. The molecule has 1 saturated heterocycles. The molecule has 0 radical (unpaired) electrons. The molecule has 0 N–H and O–H groups in total. The SMILES string of the molecule is CCO[Si](CCCC1OCCCO1)(OCC)OCC. The Hall–Kier alpha value is 0.0169. The van der Waals surface area contributed by atoms with E-state index < -0.39 is 8.80 Å². The fourth-order valence-electron chi connectivity index (χ4n) is 2.19. The average molecular weight is 292 g/mol. The van der Waals surface area contributed by atoms with E-state index in [1.807, 2.05) is 20.8 Å². The van der Waals surface area contributed by atoms with Crippen molar-refractivity contribution in [3.8, 4) is 0 Å². The molecule has 0 amide bonds. The van der Waals surface area contributed by atoms with Crippen molar-refractivity contribution in [2.24, 2.45) is 0 Å². The summed E-state index contributed by atoms with van der Waals surface area (Å²) in [6.45, 7) is 9.42. The molecule has 1 fully saturated rings. The van der Waals surface area contributed by atoms with Crippen LogP contribution in [0.5, 0.6) is 0 Å². The third-order valence-corrected chi connectivity index (χ3v) is 6.06. The first-order valence-electron chi connectivity index (χ1n) is 7.41. The first-order valence-corrected chi connectivity index (χ1v) is 9.34. The minimum Gasteiger partial charge on any atom is -0.374 e. The van der Waals surface area contributed by atoms with Gasteiger partial charge in [0.15, 0.2) is 6.29 Å². The Morgan fingerprint density at radius 3 is 1.95 bits per heavy atom. The van der Waals surface area contributed by atoms with E-state index in [0.29, 0.717) is 19.8 Å². The van der Waals surface area contributed by atoms with Crippen molar-refractivity contribution in [1.82, 2.24) is 0 Å². The highest BCUT2D eigenvalue weighted by atomic mass is 28.4. The Bertz CT molecular complexity index is 204. The highest BCUT2D eigenvalue weighted by Crippen LogP contribution is 2.21. The van der Waals surface area contributed by atoms with Crippen LogP contribution in [0.4, 0.5) is 0 Å². The molecule has 0 aromatic carbocycles. The quantitative estimate of drug-likeness (QED) is 0.579. The van der Waals surface area contributed by atoms with Crippen molar-refractivity contribution in [2.45, 2.75) is 52.4 Å². The van der Waals surface area contributed by atoms with Crippen LogP contribution in [0.2, 0.25) is 6.04 Å². The molecule has 0 aromatic rings. The van der Waals surface area contributed by atoms with Gasteiger partial charge in [0.2, 0.25) is 0 Å². The van der Waals surface area contributed by atoms with Gasteiger partial charge in [0.1, 0.15) is 0 Å². The molecule has 0 saturated carbocycles. The highest BCUT2D eigenvalue weighted by Gasteiger charge is 2.39. The Morgan fingerprint density at radius 2 is 1.47 bits per heavy atom. The molecule has 1 aliphatic heterocycles. The van der Waals surface area contributed by atoms with Gasteiger partial charge in [-0.25, -0.2) is 0 Å². The molecule has 1 heterocycles. The maximum absolute atomic E-state index is 5.81. The van der Waals surface area contributed by atoms with Crippen LogP contribution in [0.1, 0.15) is 40.0 Å². The predicted molar refractivity (Wildman–Crippen MR) is 75.0 cm³/mol. The van der Waals surface area contributed by atoms with E-state index in [-0.39, 0.29) is 6.29 Å². The second kappa shape index (κ2) is 9.85. The Balaban J connectivity index is 2.36.